The quantitative estimate of drug-likeness (QED) is 0.476. The molecule has 1 aromatic rings. The van der Waals surface area contributed by atoms with Crippen molar-refractivity contribution in [3.05, 3.63) is 34.7 Å². The smallest absolute Gasteiger partial charge is 0.115 e. The summed E-state index contributed by atoms with van der Waals surface area (Å²) in [5.74, 6) is 0.239. The Morgan fingerprint density at radius 1 is 1.32 bits per heavy atom. The van der Waals surface area contributed by atoms with Gasteiger partial charge in [-0.25, -0.2) is 0 Å². The Morgan fingerprint density at radius 3 is 2.48 bits per heavy atom. The maximum absolute atomic E-state index is 11.0. The summed E-state index contributed by atoms with van der Waals surface area (Å²) in [6.07, 6.45) is 6.49. The van der Waals surface area contributed by atoms with E-state index >= 15 is 0 Å². The summed E-state index contributed by atoms with van der Waals surface area (Å²) in [6, 6.07) is 7.77. The van der Waals surface area contributed by atoms with Crippen molar-refractivity contribution >= 4 is 21.2 Å². The Morgan fingerprint density at radius 2 is 2.00 bits per heavy atom. The van der Waals surface area contributed by atoms with Crippen molar-refractivity contribution in [2.75, 3.05) is 17.8 Å². The van der Waals surface area contributed by atoms with Gasteiger partial charge in [0.25, 0.3) is 0 Å². The molecule has 142 valence electrons. The fourth-order valence-electron chi connectivity index (χ4n) is 3.41. The number of nitrogens with zero attached hydrogens (tertiary/aromatic N) is 1. The van der Waals surface area contributed by atoms with Crippen molar-refractivity contribution in [1.82, 2.24) is 0 Å². The molecule has 4 atom stereocenters. The highest BCUT2D eigenvalue weighted by Crippen LogP contribution is 2.31. The molecule has 2 N–H and O–H groups in total. The molecule has 1 aromatic carbocycles. The van der Waals surface area contributed by atoms with E-state index in [9.17, 15) is 10.0 Å². The molecule has 0 aliphatic heterocycles. The number of anilines is 1. The van der Waals surface area contributed by atoms with E-state index in [1.807, 2.05) is 0 Å². The molecule has 4 nitrogen and oxygen atoms in total. The Bertz CT molecular complexity index is 585. The average molecular weight is 367 g/mol. The fraction of sp³-hybridized carbons (Fsp3) is 0.650. The van der Waals surface area contributed by atoms with E-state index in [4.69, 9.17) is 0 Å². The highest BCUT2D eigenvalue weighted by atomic mass is 32.2. The van der Waals surface area contributed by atoms with Crippen LogP contribution in [0, 0.1) is 23.7 Å². The number of aliphatic hydroxyl groups is 1. The largest absolute Gasteiger partial charge is 0.390 e. The van der Waals surface area contributed by atoms with Gasteiger partial charge in [0.15, 0.2) is 0 Å². The Kier molecular flexibility index (Phi) is 9.36. The minimum atomic E-state index is -0.708. The van der Waals surface area contributed by atoms with Crippen LogP contribution in [-0.2, 0) is 0 Å². The number of aryl methyl sites for hydroxylation is 1. The molecule has 0 aliphatic rings. The van der Waals surface area contributed by atoms with Crippen molar-refractivity contribution in [2.45, 2.75) is 59.1 Å². The molecule has 1 rings (SSSR count). The summed E-state index contributed by atoms with van der Waals surface area (Å²) in [4.78, 5) is 12.2. The summed E-state index contributed by atoms with van der Waals surface area (Å²) in [6.45, 7) is 8.07. The van der Waals surface area contributed by atoms with Crippen molar-refractivity contribution in [3.63, 3.8) is 0 Å². The first kappa shape index (κ1) is 21.8. The monoisotopic (exact) mass is 366 g/mol. The third-order valence-electron chi connectivity index (χ3n) is 4.74. The molecule has 5 heteroatoms. The summed E-state index contributed by atoms with van der Waals surface area (Å²) >= 11 is 0. The zero-order chi connectivity index (χ0) is 19.0. The first-order valence-corrected chi connectivity index (χ1v) is 11.2. The number of nitrogens with one attached hydrogen (secondary N) is 1. The van der Waals surface area contributed by atoms with Gasteiger partial charge in [-0.1, -0.05) is 37.6 Å². The van der Waals surface area contributed by atoms with Crippen LogP contribution in [0.5, 0.6) is 0 Å². The average Bonchev–Trinajstić information content (AvgIpc) is 2.59. The van der Waals surface area contributed by atoms with E-state index in [1.165, 1.54) is 10.6 Å². The van der Waals surface area contributed by atoms with Crippen LogP contribution >= 0.6 is 10.5 Å². The number of aliphatic hydroxyl groups excluding tert-OH is 1. The first-order valence-electron chi connectivity index (χ1n) is 9.14. The third kappa shape index (κ3) is 6.23. The fourth-order valence-corrected chi connectivity index (χ4v) is 4.68. The molecular weight excluding hydrogens is 332 g/mol. The summed E-state index contributed by atoms with van der Waals surface area (Å²) in [7, 11) is 0.0394. The molecule has 0 fully saturated rings. The minimum absolute atomic E-state index is 0.0323. The number of hydrogen-bond acceptors (Lipinski definition) is 3. The highest BCUT2D eigenvalue weighted by molar-refractivity contribution is 8.14. The standard InChI is InChI=1S/C20H34N2O2S/c1-7-10-18(19(23)15(4)22-24)17(8-2)20(25(5)6)21-16-12-9-11-14(3)13-16/h9,11-13,15,17-19,21,23H,7-8,10H2,1-6H3. The minimum Gasteiger partial charge on any atom is -0.390 e. The molecule has 0 amide bonds. The topological polar surface area (TPSA) is 61.7 Å². The number of rotatable bonds is 9. The molecule has 0 aromatic heterocycles. The molecule has 4 unspecified atom stereocenters. The van der Waals surface area contributed by atoms with E-state index in [0.29, 0.717) is 0 Å². The van der Waals surface area contributed by atoms with Crippen molar-refractivity contribution in [2.24, 2.45) is 17.0 Å². The van der Waals surface area contributed by atoms with Gasteiger partial charge < -0.3 is 10.4 Å². The summed E-state index contributed by atoms with van der Waals surface area (Å²) in [5, 5.41) is 17.4. The van der Waals surface area contributed by atoms with Gasteiger partial charge in [0.05, 0.1) is 6.10 Å². The van der Waals surface area contributed by atoms with Crippen LogP contribution in [0.4, 0.5) is 5.69 Å². The van der Waals surface area contributed by atoms with Gasteiger partial charge in [0.1, 0.15) is 6.04 Å². The van der Waals surface area contributed by atoms with E-state index in [2.05, 4.69) is 68.0 Å². The zero-order valence-corrected chi connectivity index (χ0v) is 17.3. The molecule has 0 bridgehead atoms. The predicted molar refractivity (Wildman–Crippen MR) is 113 cm³/mol. The summed E-state index contributed by atoms with van der Waals surface area (Å²) in [5.41, 5.74) is 2.30. The van der Waals surface area contributed by atoms with E-state index in [1.54, 1.807) is 6.92 Å². The van der Waals surface area contributed by atoms with Crippen LogP contribution < -0.4 is 5.32 Å². The van der Waals surface area contributed by atoms with E-state index < -0.39 is 12.1 Å². The number of hydrogen-bond donors (Lipinski definition) is 2. The van der Waals surface area contributed by atoms with Crippen LogP contribution in [0.1, 0.15) is 45.6 Å². The van der Waals surface area contributed by atoms with Gasteiger partial charge in [-0.2, -0.15) is 15.4 Å². The van der Waals surface area contributed by atoms with Gasteiger partial charge >= 0.3 is 0 Å². The van der Waals surface area contributed by atoms with Crippen molar-refractivity contribution in [1.29, 1.82) is 0 Å². The lowest BCUT2D eigenvalue weighted by atomic mass is 9.80. The van der Waals surface area contributed by atoms with Gasteiger partial charge in [-0.15, -0.1) is 0 Å². The molecular formula is C20H34N2O2S. The maximum Gasteiger partial charge on any atom is 0.115 e. The van der Waals surface area contributed by atoms with E-state index in [0.717, 1.165) is 24.9 Å². The van der Waals surface area contributed by atoms with Crippen molar-refractivity contribution < 1.29 is 5.11 Å². The van der Waals surface area contributed by atoms with Crippen LogP contribution in [0.15, 0.2) is 29.4 Å². The highest BCUT2D eigenvalue weighted by Gasteiger charge is 2.33. The van der Waals surface area contributed by atoms with Crippen LogP contribution in [0.25, 0.3) is 0 Å². The normalized spacial score (nSPS) is 16.2. The van der Waals surface area contributed by atoms with Crippen LogP contribution in [-0.4, -0.2) is 34.8 Å². The Hall–Kier alpha value is -1.20. The lowest BCUT2D eigenvalue weighted by Crippen LogP contribution is -2.40. The van der Waals surface area contributed by atoms with Gasteiger partial charge in [-0.3, -0.25) is 0 Å². The third-order valence-corrected chi connectivity index (χ3v) is 6.02. The molecule has 0 aliphatic carbocycles. The van der Waals surface area contributed by atoms with Gasteiger partial charge in [0.2, 0.25) is 0 Å². The van der Waals surface area contributed by atoms with Gasteiger partial charge in [0, 0.05) is 16.6 Å². The molecule has 0 saturated heterocycles. The lowest BCUT2D eigenvalue weighted by molar-refractivity contribution is 0.0643. The molecule has 25 heavy (non-hydrogen) atoms. The number of nitroso groups, excluding NO2 is 1. The second-order valence-electron chi connectivity index (χ2n) is 6.98. The van der Waals surface area contributed by atoms with Crippen molar-refractivity contribution in [3.8, 4) is 0 Å². The Labute approximate surface area is 155 Å². The molecule has 0 radical (unpaired) electrons. The Balaban J connectivity index is 3.19. The molecule has 0 heterocycles. The van der Waals surface area contributed by atoms with E-state index in [-0.39, 0.29) is 22.3 Å². The maximum atomic E-state index is 11.0. The summed E-state index contributed by atoms with van der Waals surface area (Å²) < 4.78 is 0. The van der Waals surface area contributed by atoms with Crippen LogP contribution in [0.3, 0.4) is 0 Å². The zero-order valence-electron chi connectivity index (χ0n) is 16.5. The number of benzene rings is 1. The molecule has 0 spiro atoms. The second kappa shape index (κ2) is 10.7. The second-order valence-corrected chi connectivity index (χ2v) is 9.05. The SMILES string of the molecule is CCCC(C(CC)C(Nc1cccc(C)c1)=S(C)C)C(O)C(C)N=O. The lowest BCUT2D eigenvalue weighted by Gasteiger charge is -2.34. The van der Waals surface area contributed by atoms with Gasteiger partial charge in [-0.05, 0) is 62.8 Å². The predicted octanol–water partition coefficient (Wildman–Crippen LogP) is 5.02. The van der Waals surface area contributed by atoms with Crippen LogP contribution in [0.2, 0.25) is 0 Å². The molecule has 0 saturated carbocycles. The first-order chi connectivity index (χ1) is 11.8.